The molecule has 2 aromatic carbocycles. The topological polar surface area (TPSA) is 90.1 Å². The zero-order valence-corrected chi connectivity index (χ0v) is 16.3. The number of rotatable bonds is 6. The summed E-state index contributed by atoms with van der Waals surface area (Å²) in [5.74, 6) is -1.38. The first-order valence-electron chi connectivity index (χ1n) is 9.81. The molecule has 0 bridgehead atoms. The maximum atomic E-state index is 14.1. The number of anilines is 3. The Bertz CT molecular complexity index is 1050. The van der Waals surface area contributed by atoms with Gasteiger partial charge in [0.15, 0.2) is 0 Å². The van der Waals surface area contributed by atoms with Gasteiger partial charge in [-0.15, -0.1) is 0 Å². The number of aromatic nitrogens is 2. The maximum absolute atomic E-state index is 14.1. The molecule has 0 radical (unpaired) electrons. The lowest BCUT2D eigenvalue weighted by Gasteiger charge is -2.21. The van der Waals surface area contributed by atoms with Crippen LogP contribution in [-0.2, 0) is 11.2 Å². The Morgan fingerprint density at radius 3 is 2.67 bits per heavy atom. The third-order valence-corrected chi connectivity index (χ3v) is 4.95. The van der Waals surface area contributed by atoms with Gasteiger partial charge in [0.2, 0.25) is 5.91 Å². The molecule has 0 aliphatic carbocycles. The van der Waals surface area contributed by atoms with E-state index in [-0.39, 0.29) is 23.6 Å². The maximum Gasteiger partial charge on any atom is 0.255 e. The number of amides is 2. The van der Waals surface area contributed by atoms with Crippen molar-refractivity contribution >= 4 is 28.9 Å². The summed E-state index contributed by atoms with van der Waals surface area (Å²) in [5.41, 5.74) is 2.62. The Morgan fingerprint density at radius 2 is 1.90 bits per heavy atom. The second-order valence-corrected chi connectivity index (χ2v) is 7.20. The van der Waals surface area contributed by atoms with E-state index in [2.05, 4.69) is 25.5 Å². The van der Waals surface area contributed by atoms with E-state index >= 15 is 0 Å². The monoisotopic (exact) mass is 407 g/mol. The highest BCUT2D eigenvalue weighted by Crippen LogP contribution is 2.29. The minimum absolute atomic E-state index is 0.0707. The third-order valence-electron chi connectivity index (χ3n) is 4.95. The number of hydrogen-bond acceptors (Lipinski definition) is 4. The largest absolute Gasteiger partial charge is 0.370 e. The molecule has 0 atom stereocenters. The van der Waals surface area contributed by atoms with Crippen LogP contribution in [0.3, 0.4) is 0 Å². The third kappa shape index (κ3) is 4.65. The number of aromatic amines is 1. The number of nitrogens with zero attached hydrogens (tertiary/aromatic N) is 2. The fraction of sp³-hybridized carbons (Fsp3) is 0.227. The van der Waals surface area contributed by atoms with E-state index in [1.54, 1.807) is 6.20 Å². The molecule has 0 spiro atoms. The van der Waals surface area contributed by atoms with Gasteiger partial charge in [-0.05, 0) is 43.2 Å². The van der Waals surface area contributed by atoms with Gasteiger partial charge in [-0.3, -0.25) is 9.59 Å². The minimum atomic E-state index is -0.604. The normalized spacial score (nSPS) is 13.3. The number of carbonyl (C=O) groups is 2. The molecule has 1 aliphatic rings. The lowest BCUT2D eigenvalue weighted by atomic mass is 10.1. The van der Waals surface area contributed by atoms with Crippen LogP contribution in [0.5, 0.6) is 0 Å². The molecule has 30 heavy (non-hydrogen) atoms. The Labute approximate surface area is 173 Å². The first-order valence-corrected chi connectivity index (χ1v) is 9.81. The second kappa shape index (κ2) is 8.77. The molecule has 8 heteroatoms. The van der Waals surface area contributed by atoms with Crippen molar-refractivity contribution in [2.75, 3.05) is 28.6 Å². The van der Waals surface area contributed by atoms with Crippen molar-refractivity contribution in [3.05, 3.63) is 72.1 Å². The molecule has 0 unspecified atom stereocenters. The average molecular weight is 407 g/mol. The van der Waals surface area contributed by atoms with Crippen LogP contribution in [0.1, 0.15) is 28.9 Å². The molecule has 1 aromatic heterocycles. The second-order valence-electron chi connectivity index (χ2n) is 7.20. The molecule has 154 valence electrons. The standard InChI is InChI=1S/C22H22FN5O2/c23-16-9-15(10-17(11-16)26-21(29)12-18-13-24-14-25-18)22(30)27-19-5-1-2-6-20(19)28-7-3-4-8-28/h1-2,5-6,9-11,13-14H,3-4,7-8,12H2,(H,24,25)(H,26,29)(H,27,30). The summed E-state index contributed by atoms with van der Waals surface area (Å²) >= 11 is 0. The van der Waals surface area contributed by atoms with Crippen LogP contribution < -0.4 is 15.5 Å². The molecule has 1 saturated heterocycles. The van der Waals surface area contributed by atoms with Crippen molar-refractivity contribution < 1.29 is 14.0 Å². The minimum Gasteiger partial charge on any atom is -0.370 e. The van der Waals surface area contributed by atoms with E-state index in [0.29, 0.717) is 11.4 Å². The fourth-order valence-corrected chi connectivity index (χ4v) is 3.56. The Balaban J connectivity index is 1.49. The van der Waals surface area contributed by atoms with Crippen molar-refractivity contribution in [3.8, 4) is 0 Å². The average Bonchev–Trinajstić information content (AvgIpc) is 3.42. The van der Waals surface area contributed by atoms with Crippen LogP contribution in [0.25, 0.3) is 0 Å². The first kappa shape index (κ1) is 19.6. The zero-order valence-electron chi connectivity index (χ0n) is 16.3. The van der Waals surface area contributed by atoms with Crippen molar-refractivity contribution in [2.24, 2.45) is 0 Å². The number of H-pyrrole nitrogens is 1. The SMILES string of the molecule is O=C(Cc1cnc[nH]1)Nc1cc(F)cc(C(=O)Nc2ccccc2N2CCCC2)c1. The number of halogens is 1. The van der Waals surface area contributed by atoms with E-state index in [0.717, 1.165) is 37.7 Å². The fourth-order valence-electron chi connectivity index (χ4n) is 3.56. The van der Waals surface area contributed by atoms with Crippen molar-refractivity contribution in [2.45, 2.75) is 19.3 Å². The van der Waals surface area contributed by atoms with Crippen LogP contribution in [0, 0.1) is 5.82 Å². The summed E-state index contributed by atoms with van der Waals surface area (Å²) in [6.07, 6.45) is 5.33. The van der Waals surface area contributed by atoms with Crippen molar-refractivity contribution in [1.29, 1.82) is 0 Å². The van der Waals surface area contributed by atoms with Gasteiger partial charge >= 0.3 is 0 Å². The van der Waals surface area contributed by atoms with E-state index in [9.17, 15) is 14.0 Å². The summed E-state index contributed by atoms with van der Waals surface area (Å²) in [7, 11) is 0. The quantitative estimate of drug-likeness (QED) is 0.583. The molecule has 4 rings (SSSR count). The van der Waals surface area contributed by atoms with Crippen molar-refractivity contribution in [1.82, 2.24) is 9.97 Å². The molecule has 2 amide bonds. The van der Waals surface area contributed by atoms with E-state index in [1.807, 2.05) is 24.3 Å². The van der Waals surface area contributed by atoms with Gasteiger partial charge in [0.05, 0.1) is 24.1 Å². The predicted octanol–water partition coefficient (Wildman–Crippen LogP) is 3.58. The molecule has 0 saturated carbocycles. The number of benzene rings is 2. The molecule has 1 fully saturated rings. The Hall–Kier alpha value is -3.68. The van der Waals surface area contributed by atoms with Crippen LogP contribution >= 0.6 is 0 Å². The molecule has 3 N–H and O–H groups in total. The van der Waals surface area contributed by atoms with Gasteiger partial charge in [-0.1, -0.05) is 12.1 Å². The highest BCUT2D eigenvalue weighted by Gasteiger charge is 2.18. The van der Waals surface area contributed by atoms with Gasteiger partial charge in [0.25, 0.3) is 5.91 Å². The van der Waals surface area contributed by atoms with Gasteiger partial charge in [0.1, 0.15) is 5.82 Å². The lowest BCUT2D eigenvalue weighted by Crippen LogP contribution is -2.21. The number of imidazole rings is 1. The highest BCUT2D eigenvalue weighted by molar-refractivity contribution is 6.07. The van der Waals surface area contributed by atoms with Crippen molar-refractivity contribution in [3.63, 3.8) is 0 Å². The number of para-hydroxylation sites is 2. The first-order chi connectivity index (χ1) is 14.6. The molecular formula is C22H22FN5O2. The van der Waals surface area contributed by atoms with Gasteiger partial charge in [-0.2, -0.15) is 0 Å². The van der Waals surface area contributed by atoms with Crippen LogP contribution in [0.2, 0.25) is 0 Å². The smallest absolute Gasteiger partial charge is 0.255 e. The van der Waals surface area contributed by atoms with Gasteiger partial charge in [0, 0.05) is 36.2 Å². The molecular weight excluding hydrogens is 385 g/mol. The van der Waals surface area contributed by atoms with Crippen LogP contribution in [0.4, 0.5) is 21.5 Å². The highest BCUT2D eigenvalue weighted by atomic mass is 19.1. The predicted molar refractivity (Wildman–Crippen MR) is 113 cm³/mol. The van der Waals surface area contributed by atoms with Gasteiger partial charge < -0.3 is 20.5 Å². The lowest BCUT2D eigenvalue weighted by molar-refractivity contribution is -0.115. The van der Waals surface area contributed by atoms with Gasteiger partial charge in [-0.25, -0.2) is 9.37 Å². The summed E-state index contributed by atoms with van der Waals surface area (Å²) in [4.78, 5) is 33.9. The van der Waals surface area contributed by atoms with Crippen LogP contribution in [-0.4, -0.2) is 34.9 Å². The summed E-state index contributed by atoms with van der Waals surface area (Å²) in [5, 5.41) is 5.50. The molecule has 7 nitrogen and oxygen atoms in total. The summed E-state index contributed by atoms with van der Waals surface area (Å²) in [6.45, 7) is 1.89. The molecule has 2 heterocycles. The molecule has 3 aromatic rings. The number of hydrogen-bond donors (Lipinski definition) is 3. The summed E-state index contributed by atoms with van der Waals surface area (Å²) < 4.78 is 14.1. The number of nitrogens with one attached hydrogen (secondary N) is 3. The van der Waals surface area contributed by atoms with E-state index in [4.69, 9.17) is 0 Å². The number of carbonyl (C=O) groups excluding carboxylic acids is 2. The van der Waals surface area contributed by atoms with E-state index in [1.165, 1.54) is 18.5 Å². The zero-order chi connectivity index (χ0) is 20.9. The Kier molecular flexibility index (Phi) is 5.74. The summed E-state index contributed by atoms with van der Waals surface area (Å²) in [6, 6.07) is 11.4. The van der Waals surface area contributed by atoms with E-state index < -0.39 is 11.7 Å². The Morgan fingerprint density at radius 1 is 1.10 bits per heavy atom. The van der Waals surface area contributed by atoms with Crippen LogP contribution in [0.15, 0.2) is 55.0 Å². The molecule has 1 aliphatic heterocycles.